The molecular formula is C88H111ClN12O21S4. The topological polar surface area (TPSA) is 377 Å². The van der Waals surface area contributed by atoms with Crippen LogP contribution in [0.3, 0.4) is 0 Å². The number of sulfonamides is 3. The summed E-state index contributed by atoms with van der Waals surface area (Å²) in [5, 5.41) is 33.8. The number of rotatable bonds is 13. The summed E-state index contributed by atoms with van der Waals surface area (Å²) in [4.78, 5) is 61.7. The molecule has 12 heterocycles. The molecule has 0 aromatic heterocycles. The molecule has 33 nitrogen and oxygen atoms in total. The second kappa shape index (κ2) is 38.9. The lowest BCUT2D eigenvalue weighted by molar-refractivity contribution is -0.139. The van der Waals surface area contributed by atoms with Gasteiger partial charge in [0.15, 0.2) is 0 Å². The van der Waals surface area contributed by atoms with Crippen molar-refractivity contribution in [1.82, 2.24) is 38.2 Å². The van der Waals surface area contributed by atoms with Crippen molar-refractivity contribution < 1.29 is 96.6 Å². The van der Waals surface area contributed by atoms with E-state index in [1.54, 1.807) is 110 Å². The summed E-state index contributed by atoms with van der Waals surface area (Å²) < 4.78 is 139. The van der Waals surface area contributed by atoms with Crippen molar-refractivity contribution in [3.8, 4) is 23.0 Å². The molecule has 2 atom stereocenters. The number of ether oxygens (including phenoxy) is 6. The monoisotopic (exact) mass is 1830 g/mol. The number of aliphatic hydroxyl groups excluding tert-OH is 2. The Bertz CT molecular complexity index is 5650. The number of anilines is 4. The normalized spacial score (nSPS) is 19.0. The molecule has 6 aromatic rings. The fourth-order valence-electron chi connectivity index (χ4n) is 16.2. The summed E-state index contributed by atoms with van der Waals surface area (Å²) >= 11 is 0. The molecule has 0 spiro atoms. The van der Waals surface area contributed by atoms with Gasteiger partial charge >= 0.3 is 18.2 Å². The smallest absolute Gasteiger partial charge is 0.410 e. The van der Waals surface area contributed by atoms with Crippen LogP contribution in [0.25, 0.3) is 0 Å². The molecule has 680 valence electrons. The maximum absolute atomic E-state index is 13.3. The number of halogens is 1. The Morgan fingerprint density at radius 3 is 0.952 bits per heavy atom. The molecule has 0 saturated heterocycles. The molecule has 18 rings (SSSR count). The van der Waals surface area contributed by atoms with Crippen molar-refractivity contribution in [2.45, 2.75) is 84.2 Å². The van der Waals surface area contributed by atoms with Gasteiger partial charge in [-0.25, -0.2) is 43.3 Å². The molecule has 0 aliphatic carbocycles. The van der Waals surface area contributed by atoms with Crippen LogP contribution < -0.4 is 49.2 Å². The SMILES string of the molecule is CC(C)(C)OC(=O)N1CC2=C(CNC2)C1.CN1CCOc2ccc(S(=O)(=O)Cl)cc21.CN1CCOc2ccc(S(=O)(=O)N3CC4=C(CN(C(=O)C(CO)c5ccccc5)C4)C3)cc21.CN1CCOc2ccc(S(=O)(=O)N3CC4=C(CN(C(=O)OC(C)(C)C)C4)C3)cc21.CN1CCOc2ccc(S(=O)(=O)N3CC4=C(CNC4)C3)cc21.O=C(O)C(CO)c1ccccc1. The number of aliphatic carboxylic acids is 1. The van der Waals surface area contributed by atoms with Gasteiger partial charge in [0.2, 0.25) is 36.0 Å². The van der Waals surface area contributed by atoms with E-state index < -0.39 is 68.1 Å². The molecule has 12 aliphatic heterocycles. The van der Waals surface area contributed by atoms with Gasteiger partial charge in [-0.3, -0.25) is 9.59 Å². The summed E-state index contributed by atoms with van der Waals surface area (Å²) in [5.41, 5.74) is 12.7. The molecule has 5 N–H and O–H groups in total. The van der Waals surface area contributed by atoms with E-state index in [1.807, 2.05) is 120 Å². The number of nitrogens with one attached hydrogen (secondary N) is 2. The second-order valence-corrected chi connectivity index (χ2v) is 42.8. The number of benzene rings is 6. The minimum Gasteiger partial charge on any atom is -0.490 e. The second-order valence-electron chi connectivity index (χ2n) is 34.4. The van der Waals surface area contributed by atoms with Crippen LogP contribution in [-0.2, 0) is 58.2 Å². The molecular weight excluding hydrogens is 1720 g/mol. The minimum atomic E-state index is -3.67. The van der Waals surface area contributed by atoms with Crippen LogP contribution >= 0.6 is 10.7 Å². The van der Waals surface area contributed by atoms with Gasteiger partial charge in [0.05, 0.1) is 87.6 Å². The first-order valence-electron chi connectivity index (χ1n) is 41.5. The van der Waals surface area contributed by atoms with Crippen molar-refractivity contribution >= 4 is 96.6 Å². The third-order valence-corrected chi connectivity index (χ3v) is 29.8. The van der Waals surface area contributed by atoms with Gasteiger partial charge in [-0.15, -0.1) is 0 Å². The zero-order chi connectivity index (χ0) is 90.5. The molecule has 0 saturated carbocycles. The predicted molar refractivity (Wildman–Crippen MR) is 476 cm³/mol. The van der Waals surface area contributed by atoms with E-state index in [0.717, 1.165) is 115 Å². The van der Waals surface area contributed by atoms with Gasteiger partial charge in [-0.1, -0.05) is 60.7 Å². The van der Waals surface area contributed by atoms with E-state index >= 15 is 0 Å². The molecule has 0 bridgehead atoms. The van der Waals surface area contributed by atoms with Crippen LogP contribution in [0.1, 0.15) is 64.5 Å². The lowest BCUT2D eigenvalue weighted by Gasteiger charge is -2.29. The van der Waals surface area contributed by atoms with E-state index in [4.69, 9.17) is 49.3 Å². The van der Waals surface area contributed by atoms with Gasteiger partial charge in [-0.05, 0) is 170 Å². The lowest BCUT2D eigenvalue weighted by Crippen LogP contribution is -2.39. The maximum Gasteiger partial charge on any atom is 0.410 e. The quantitative estimate of drug-likeness (QED) is 0.0557. The highest BCUT2D eigenvalue weighted by molar-refractivity contribution is 8.13. The molecule has 3 amide bonds. The van der Waals surface area contributed by atoms with E-state index in [2.05, 4.69) is 10.6 Å². The average Bonchev–Trinajstić information content (AvgIpc) is 1.61. The molecule has 2 unspecified atom stereocenters. The summed E-state index contributed by atoms with van der Waals surface area (Å²) in [6.07, 6.45) is -0.559. The van der Waals surface area contributed by atoms with Crippen LogP contribution in [0.15, 0.2) is 198 Å². The number of carboxylic acids is 1. The lowest BCUT2D eigenvalue weighted by atomic mass is 9.98. The van der Waals surface area contributed by atoms with Crippen LogP contribution in [0, 0.1) is 0 Å². The first-order chi connectivity index (χ1) is 59.7. The fraction of sp³-hybridized carbons (Fsp3) is 0.455. The van der Waals surface area contributed by atoms with Crippen molar-refractivity contribution in [2.75, 3.05) is 218 Å². The summed E-state index contributed by atoms with van der Waals surface area (Å²) in [7, 11) is -1.49. The number of nitrogens with zero attached hydrogens (tertiary/aromatic N) is 10. The van der Waals surface area contributed by atoms with Crippen LogP contribution in [-0.4, -0.2) is 311 Å². The highest BCUT2D eigenvalue weighted by Gasteiger charge is 2.43. The first kappa shape index (κ1) is 93.6. The third-order valence-electron chi connectivity index (χ3n) is 23.1. The highest BCUT2D eigenvalue weighted by atomic mass is 35.7. The van der Waals surface area contributed by atoms with Crippen molar-refractivity contribution in [3.63, 3.8) is 0 Å². The minimum absolute atomic E-state index is 0.0975. The Hall–Kier alpha value is -10.0. The molecule has 0 radical (unpaired) electrons. The van der Waals surface area contributed by atoms with Crippen molar-refractivity contribution in [3.05, 3.63) is 189 Å². The molecule has 126 heavy (non-hydrogen) atoms. The van der Waals surface area contributed by atoms with E-state index in [-0.39, 0.29) is 59.1 Å². The largest absolute Gasteiger partial charge is 0.490 e. The zero-order valence-electron chi connectivity index (χ0n) is 72.4. The number of fused-ring (bicyclic) bond motifs is 4. The van der Waals surface area contributed by atoms with Gasteiger partial charge in [0.1, 0.15) is 66.5 Å². The third kappa shape index (κ3) is 21.9. The fourth-order valence-corrected chi connectivity index (χ4v) is 21.3. The van der Waals surface area contributed by atoms with Crippen molar-refractivity contribution in [2.24, 2.45) is 0 Å². The number of likely N-dealkylation sites (N-methyl/N-ethyl adjacent to an activating group) is 4. The van der Waals surface area contributed by atoms with Crippen LogP contribution in [0.4, 0.5) is 32.3 Å². The van der Waals surface area contributed by atoms with E-state index in [9.17, 15) is 58.0 Å². The van der Waals surface area contributed by atoms with E-state index in [0.29, 0.717) is 113 Å². The van der Waals surface area contributed by atoms with Crippen molar-refractivity contribution in [1.29, 1.82) is 0 Å². The van der Waals surface area contributed by atoms with Gasteiger partial charge < -0.3 is 88.7 Å². The standard InChI is InChI=1S/C24H27N3O5S.C20H27N3O5S.C15H19N3O3S.C11H18N2O2.C9H10ClNO3S.C9H10O3/c1-25-9-10-32-23-8-7-20(11-22(23)25)33(30,31)27-14-18-12-26(13-19(18)15-27)24(29)21(16-28)17-5-3-2-4-6-17;1-20(2,3)28-19(24)22-10-14-12-23(13-15(14)11-22)29(25,26)16-5-6-18-17(9-16)21(4)7-8-27-18;1-17-4-5-21-15-3-2-13(6-14(15)17)22(19,20)18-9-11-7-16-8-12(11)10-18;1-11(2,3)15-10(14)13-6-8-4-12-5-9(8)7-13;1-11-4-5-14-9-3-2-7(6-8(9)11)15(10,12)13;10-6-8(9(11)12)7-4-2-1-3-5-7/h2-8,11,21,28H,9-10,12-16H2,1H3;5-6,9H,7-8,10-13H2,1-4H3;2-3,6,16H,4-5,7-10H2,1H3;12H,4-7H2,1-3H3;2-3,6H,4-5H2,1H3;1-5,8,10H,6H2,(H,11,12). The Morgan fingerprint density at radius 2 is 0.659 bits per heavy atom. The Morgan fingerprint density at radius 1 is 0.389 bits per heavy atom. The van der Waals surface area contributed by atoms with Gasteiger partial charge in [0, 0.05) is 144 Å². The summed E-state index contributed by atoms with van der Waals surface area (Å²) in [6, 6.07) is 37.7. The molecule has 0 fully saturated rings. The average molecular weight is 1840 g/mol. The number of amides is 3. The molecule has 12 aliphatic rings. The van der Waals surface area contributed by atoms with Gasteiger partial charge in [-0.2, -0.15) is 12.9 Å². The highest BCUT2D eigenvalue weighted by Crippen LogP contribution is 2.42. The summed E-state index contributed by atoms with van der Waals surface area (Å²) in [5.74, 6) is 0.288. The maximum atomic E-state index is 13.3. The summed E-state index contributed by atoms with van der Waals surface area (Å²) in [6.45, 7) is 24.6. The van der Waals surface area contributed by atoms with Crippen LogP contribution in [0.5, 0.6) is 23.0 Å². The van der Waals surface area contributed by atoms with Crippen LogP contribution in [0.2, 0.25) is 0 Å². The molecule has 6 aromatic carbocycles. The first-order valence-corrected chi connectivity index (χ1v) is 48.2. The van der Waals surface area contributed by atoms with Gasteiger partial charge in [0.25, 0.3) is 9.05 Å². The predicted octanol–water partition coefficient (Wildman–Crippen LogP) is 7.35. The number of aliphatic hydroxyl groups is 2. The number of carbonyl (C=O) groups is 4. The Balaban J connectivity index is 0.000000134. The number of carbonyl (C=O) groups excluding carboxylic acids is 3. The number of hydrogen-bond acceptors (Lipinski definition) is 26. The number of carboxylic acid groups (broad SMARTS) is 1. The Labute approximate surface area is 741 Å². The number of hydrogen-bond donors (Lipinski definition) is 5. The zero-order valence-corrected chi connectivity index (χ0v) is 76.4. The Kier molecular flexibility index (Phi) is 28.9. The van der Waals surface area contributed by atoms with E-state index in [1.165, 1.54) is 43.0 Å². The molecule has 38 heteroatoms.